The molecule has 17 heavy (non-hydrogen) atoms. The summed E-state index contributed by atoms with van der Waals surface area (Å²) >= 11 is 0. The number of rotatable bonds is 2. The van der Waals surface area contributed by atoms with Gasteiger partial charge < -0.3 is 5.73 Å². The van der Waals surface area contributed by atoms with Crippen LogP contribution in [0.25, 0.3) is 0 Å². The van der Waals surface area contributed by atoms with Gasteiger partial charge in [0.25, 0.3) is 0 Å². The summed E-state index contributed by atoms with van der Waals surface area (Å²) in [5, 5.41) is 0. The Morgan fingerprint density at radius 3 is 2.47 bits per heavy atom. The summed E-state index contributed by atoms with van der Waals surface area (Å²) < 4.78 is 0. The van der Waals surface area contributed by atoms with Gasteiger partial charge in [-0.05, 0) is 49.1 Å². The van der Waals surface area contributed by atoms with E-state index in [4.69, 9.17) is 5.73 Å². The van der Waals surface area contributed by atoms with Crippen molar-refractivity contribution in [3.63, 3.8) is 0 Å². The van der Waals surface area contributed by atoms with Crippen molar-refractivity contribution in [2.24, 2.45) is 5.73 Å². The van der Waals surface area contributed by atoms with E-state index in [2.05, 4.69) is 37.0 Å². The molecule has 88 valence electrons. The largest absolute Gasteiger partial charge is 0.320 e. The molecule has 2 N–H and O–H groups in total. The van der Waals surface area contributed by atoms with E-state index in [1.54, 1.807) is 6.20 Å². The summed E-state index contributed by atoms with van der Waals surface area (Å²) in [6, 6.07) is 8.34. The van der Waals surface area contributed by atoms with Crippen LogP contribution in [0, 0.1) is 20.8 Å². The molecule has 0 saturated heterocycles. The van der Waals surface area contributed by atoms with Gasteiger partial charge in [0, 0.05) is 12.4 Å². The topological polar surface area (TPSA) is 38.9 Å². The lowest BCUT2D eigenvalue weighted by Crippen LogP contribution is -2.14. The van der Waals surface area contributed by atoms with E-state index in [1.165, 1.54) is 16.7 Å². The number of aryl methyl sites for hydroxylation is 3. The van der Waals surface area contributed by atoms with Crippen LogP contribution < -0.4 is 5.73 Å². The molecule has 2 rings (SSSR count). The van der Waals surface area contributed by atoms with Gasteiger partial charge in [-0.15, -0.1) is 0 Å². The van der Waals surface area contributed by atoms with E-state index in [0.717, 1.165) is 11.1 Å². The van der Waals surface area contributed by atoms with E-state index in [9.17, 15) is 0 Å². The van der Waals surface area contributed by atoms with E-state index in [-0.39, 0.29) is 6.04 Å². The molecule has 1 aromatic heterocycles. The lowest BCUT2D eigenvalue weighted by molar-refractivity contribution is 0.846. The van der Waals surface area contributed by atoms with Gasteiger partial charge in [-0.25, -0.2) is 0 Å². The standard InChI is InChI=1S/C15H18N2/c1-10-4-5-11(2)14(8-10)15(16)13-6-7-17-9-12(13)3/h4-9,15H,16H2,1-3H3. The second-order valence-corrected chi connectivity index (χ2v) is 4.57. The average molecular weight is 226 g/mol. The molecule has 0 spiro atoms. The fourth-order valence-electron chi connectivity index (χ4n) is 2.10. The molecule has 2 nitrogen and oxygen atoms in total. The minimum atomic E-state index is -0.0714. The molecule has 0 aliphatic rings. The minimum absolute atomic E-state index is 0.0714. The maximum Gasteiger partial charge on any atom is 0.0558 e. The number of nitrogens with zero attached hydrogens (tertiary/aromatic N) is 1. The molecular weight excluding hydrogens is 208 g/mol. The maximum atomic E-state index is 6.36. The maximum absolute atomic E-state index is 6.36. The summed E-state index contributed by atoms with van der Waals surface area (Å²) in [7, 11) is 0. The monoisotopic (exact) mass is 226 g/mol. The number of hydrogen-bond acceptors (Lipinski definition) is 2. The highest BCUT2D eigenvalue weighted by Crippen LogP contribution is 2.25. The van der Waals surface area contributed by atoms with Gasteiger partial charge in [0.05, 0.1) is 6.04 Å². The molecule has 0 bridgehead atoms. The summed E-state index contributed by atoms with van der Waals surface area (Å²) in [5.41, 5.74) is 12.3. The van der Waals surface area contributed by atoms with Crippen LogP contribution in [0.2, 0.25) is 0 Å². The van der Waals surface area contributed by atoms with Crippen molar-refractivity contribution in [2.75, 3.05) is 0 Å². The number of benzene rings is 1. The van der Waals surface area contributed by atoms with Crippen LogP contribution in [0.3, 0.4) is 0 Å². The van der Waals surface area contributed by atoms with Crippen LogP contribution in [-0.2, 0) is 0 Å². The number of hydrogen-bond donors (Lipinski definition) is 1. The zero-order valence-corrected chi connectivity index (χ0v) is 10.6. The summed E-state index contributed by atoms with van der Waals surface area (Å²) in [5.74, 6) is 0. The molecule has 1 heterocycles. The summed E-state index contributed by atoms with van der Waals surface area (Å²) in [4.78, 5) is 4.11. The van der Waals surface area contributed by atoms with Crippen LogP contribution in [0.4, 0.5) is 0 Å². The molecule has 1 unspecified atom stereocenters. The van der Waals surface area contributed by atoms with E-state index in [1.807, 2.05) is 19.2 Å². The highest BCUT2D eigenvalue weighted by molar-refractivity contribution is 5.40. The Bertz CT molecular complexity index is 532. The third kappa shape index (κ3) is 2.37. The third-order valence-corrected chi connectivity index (χ3v) is 3.17. The van der Waals surface area contributed by atoms with Crippen LogP contribution in [0.1, 0.15) is 33.9 Å². The van der Waals surface area contributed by atoms with Gasteiger partial charge in [-0.3, -0.25) is 4.98 Å². The molecule has 0 aliphatic carbocycles. The lowest BCUT2D eigenvalue weighted by Gasteiger charge is -2.17. The zero-order chi connectivity index (χ0) is 12.4. The van der Waals surface area contributed by atoms with Gasteiger partial charge in [0.2, 0.25) is 0 Å². The first-order valence-electron chi connectivity index (χ1n) is 5.83. The van der Waals surface area contributed by atoms with Crippen molar-refractivity contribution >= 4 is 0 Å². The molecule has 2 heteroatoms. The van der Waals surface area contributed by atoms with Crippen molar-refractivity contribution in [3.05, 3.63) is 64.5 Å². The third-order valence-electron chi connectivity index (χ3n) is 3.17. The molecule has 1 atom stereocenters. The van der Waals surface area contributed by atoms with Gasteiger partial charge in [-0.2, -0.15) is 0 Å². The van der Waals surface area contributed by atoms with Crippen molar-refractivity contribution in [1.29, 1.82) is 0 Å². The Hall–Kier alpha value is -1.67. The molecule has 0 aliphatic heterocycles. The predicted molar refractivity (Wildman–Crippen MR) is 70.9 cm³/mol. The Morgan fingerprint density at radius 1 is 1.00 bits per heavy atom. The summed E-state index contributed by atoms with van der Waals surface area (Å²) in [6.07, 6.45) is 3.66. The Labute approximate surface area is 103 Å². The number of nitrogens with two attached hydrogens (primary N) is 1. The molecule has 1 aromatic carbocycles. The fraction of sp³-hybridized carbons (Fsp3) is 0.267. The Kier molecular flexibility index (Phi) is 3.25. The van der Waals surface area contributed by atoms with Crippen LogP contribution >= 0.6 is 0 Å². The predicted octanol–water partition coefficient (Wildman–Crippen LogP) is 3.05. The van der Waals surface area contributed by atoms with Gasteiger partial charge in [-0.1, -0.05) is 23.8 Å². The van der Waals surface area contributed by atoms with Crippen LogP contribution in [0.5, 0.6) is 0 Å². The van der Waals surface area contributed by atoms with Crippen molar-refractivity contribution < 1.29 is 0 Å². The highest BCUT2D eigenvalue weighted by atomic mass is 14.7. The van der Waals surface area contributed by atoms with Gasteiger partial charge in [0.1, 0.15) is 0 Å². The van der Waals surface area contributed by atoms with Gasteiger partial charge >= 0.3 is 0 Å². The number of aromatic nitrogens is 1. The Balaban J connectivity index is 2.47. The average Bonchev–Trinajstić information content (AvgIpc) is 2.32. The van der Waals surface area contributed by atoms with Crippen molar-refractivity contribution in [1.82, 2.24) is 4.98 Å². The van der Waals surface area contributed by atoms with E-state index < -0.39 is 0 Å². The zero-order valence-electron chi connectivity index (χ0n) is 10.6. The molecule has 0 amide bonds. The molecule has 0 radical (unpaired) electrons. The first-order valence-corrected chi connectivity index (χ1v) is 5.83. The second kappa shape index (κ2) is 4.68. The normalized spacial score (nSPS) is 12.5. The second-order valence-electron chi connectivity index (χ2n) is 4.57. The van der Waals surface area contributed by atoms with E-state index >= 15 is 0 Å². The molecule has 0 fully saturated rings. The quantitative estimate of drug-likeness (QED) is 0.854. The minimum Gasteiger partial charge on any atom is -0.320 e. The van der Waals surface area contributed by atoms with Crippen LogP contribution in [0.15, 0.2) is 36.7 Å². The van der Waals surface area contributed by atoms with Crippen LogP contribution in [-0.4, -0.2) is 4.98 Å². The SMILES string of the molecule is Cc1ccc(C)c(C(N)c2ccncc2C)c1. The first-order chi connectivity index (χ1) is 8.09. The fourth-order valence-corrected chi connectivity index (χ4v) is 2.10. The molecule has 2 aromatic rings. The first kappa shape index (κ1) is 11.8. The molecular formula is C15H18N2. The molecule has 0 saturated carbocycles. The Morgan fingerprint density at radius 2 is 1.76 bits per heavy atom. The van der Waals surface area contributed by atoms with Crippen molar-refractivity contribution in [2.45, 2.75) is 26.8 Å². The van der Waals surface area contributed by atoms with E-state index in [0.29, 0.717) is 0 Å². The summed E-state index contributed by atoms with van der Waals surface area (Å²) in [6.45, 7) is 6.24. The highest BCUT2D eigenvalue weighted by Gasteiger charge is 2.13. The van der Waals surface area contributed by atoms with Crippen molar-refractivity contribution in [3.8, 4) is 0 Å². The number of pyridine rings is 1. The van der Waals surface area contributed by atoms with Gasteiger partial charge in [0.15, 0.2) is 0 Å². The smallest absolute Gasteiger partial charge is 0.0558 e. The lowest BCUT2D eigenvalue weighted by atomic mass is 9.93.